The number of halogens is 1. The second-order valence-corrected chi connectivity index (χ2v) is 6.46. The van der Waals surface area contributed by atoms with Crippen LogP contribution in [0.1, 0.15) is 45.4 Å². The lowest BCUT2D eigenvalue weighted by atomic mass is 9.78. The van der Waals surface area contributed by atoms with Crippen LogP contribution in [0.3, 0.4) is 0 Å². The Balaban J connectivity index is 0.00000242. The molecule has 0 bridgehead atoms. The van der Waals surface area contributed by atoms with E-state index in [9.17, 15) is 9.59 Å². The summed E-state index contributed by atoms with van der Waals surface area (Å²) in [6.07, 6.45) is 6.06. The molecule has 2 N–H and O–H groups in total. The van der Waals surface area contributed by atoms with Gasteiger partial charge in [-0.25, -0.2) is 0 Å². The largest absolute Gasteiger partial charge is 0.354 e. The maximum absolute atomic E-state index is 12.6. The van der Waals surface area contributed by atoms with Gasteiger partial charge < -0.3 is 15.5 Å². The van der Waals surface area contributed by atoms with E-state index >= 15 is 0 Å². The van der Waals surface area contributed by atoms with Gasteiger partial charge in [-0.05, 0) is 39.7 Å². The van der Waals surface area contributed by atoms with Gasteiger partial charge in [0, 0.05) is 37.5 Å². The summed E-state index contributed by atoms with van der Waals surface area (Å²) in [6.45, 7) is 4.41. The molecular weight excluding hydrogens is 302 g/mol. The van der Waals surface area contributed by atoms with Crippen molar-refractivity contribution in [3.05, 3.63) is 0 Å². The highest BCUT2D eigenvalue weighted by Gasteiger charge is 2.38. The molecule has 0 aromatic carbocycles. The number of likely N-dealkylation sites (tertiary alicyclic amines) is 1. The fourth-order valence-electron chi connectivity index (χ4n) is 3.40. The van der Waals surface area contributed by atoms with Crippen molar-refractivity contribution in [2.45, 2.75) is 51.5 Å². The van der Waals surface area contributed by atoms with Gasteiger partial charge in [0.1, 0.15) is 0 Å². The van der Waals surface area contributed by atoms with Crippen LogP contribution < -0.4 is 10.6 Å². The van der Waals surface area contributed by atoms with Crippen LogP contribution in [0.2, 0.25) is 0 Å². The van der Waals surface area contributed by atoms with Gasteiger partial charge in [0.25, 0.3) is 0 Å². The summed E-state index contributed by atoms with van der Waals surface area (Å²) in [4.78, 5) is 27.0. The number of likely N-dealkylation sites (N-methyl/N-ethyl adjacent to an activating group) is 1. The number of hydrogen-bond acceptors (Lipinski definition) is 3. The van der Waals surface area contributed by atoms with Crippen molar-refractivity contribution in [3.8, 4) is 0 Å². The zero-order chi connectivity index (χ0) is 15.2. The highest BCUT2D eigenvalue weighted by molar-refractivity contribution is 5.88. The van der Waals surface area contributed by atoms with E-state index in [-0.39, 0.29) is 42.1 Å². The number of carbonyl (C=O) groups excluding carboxylic acids is 2. The minimum atomic E-state index is -0.129. The monoisotopic (exact) mass is 331 g/mol. The molecule has 3 unspecified atom stereocenters. The third-order valence-electron chi connectivity index (χ3n) is 4.91. The van der Waals surface area contributed by atoms with E-state index in [1.807, 2.05) is 18.9 Å². The molecule has 22 heavy (non-hydrogen) atoms. The van der Waals surface area contributed by atoms with Crippen molar-refractivity contribution in [1.29, 1.82) is 0 Å². The van der Waals surface area contributed by atoms with Gasteiger partial charge in [-0.1, -0.05) is 12.8 Å². The predicted molar refractivity (Wildman–Crippen MR) is 90.0 cm³/mol. The van der Waals surface area contributed by atoms with Gasteiger partial charge in [-0.2, -0.15) is 0 Å². The molecule has 1 saturated carbocycles. The molecule has 2 amide bonds. The van der Waals surface area contributed by atoms with Crippen molar-refractivity contribution in [2.24, 2.45) is 11.8 Å². The molecule has 1 aliphatic heterocycles. The molecule has 0 radical (unpaired) electrons. The molecular formula is C16H30ClN3O2. The molecule has 1 heterocycles. The average molecular weight is 332 g/mol. The summed E-state index contributed by atoms with van der Waals surface area (Å²) in [5, 5.41) is 6.12. The summed E-state index contributed by atoms with van der Waals surface area (Å²) in [7, 11) is 1.89. The van der Waals surface area contributed by atoms with Crippen LogP contribution in [0, 0.1) is 11.8 Å². The number of hydrogen-bond donors (Lipinski definition) is 2. The highest BCUT2D eigenvalue weighted by atomic mass is 35.5. The van der Waals surface area contributed by atoms with Crippen molar-refractivity contribution >= 4 is 24.2 Å². The van der Waals surface area contributed by atoms with E-state index < -0.39 is 0 Å². The smallest absolute Gasteiger partial charge is 0.226 e. The molecule has 1 saturated heterocycles. The average Bonchev–Trinajstić information content (AvgIpc) is 3.05. The predicted octanol–water partition coefficient (Wildman–Crippen LogP) is 1.56. The summed E-state index contributed by atoms with van der Waals surface area (Å²) in [5.74, 6) is 0.0565. The number of nitrogens with one attached hydrogen (secondary N) is 2. The van der Waals surface area contributed by atoms with Gasteiger partial charge in [0.05, 0.1) is 0 Å². The standard InChI is InChI=1S/C16H29N3O2.ClH/c1-12(17-2)11-18-15(20)13-7-3-4-8-14(13)16(21)19-9-5-6-10-19;/h12-14,17H,3-11H2,1-2H3,(H,18,20);1H. The Hall–Kier alpha value is -0.810. The molecule has 2 aliphatic rings. The maximum atomic E-state index is 12.6. The molecule has 0 aromatic heterocycles. The maximum Gasteiger partial charge on any atom is 0.226 e. The summed E-state index contributed by atoms with van der Waals surface area (Å²) in [6, 6.07) is 0.255. The topological polar surface area (TPSA) is 61.4 Å². The highest BCUT2D eigenvalue weighted by Crippen LogP contribution is 2.32. The van der Waals surface area contributed by atoms with Crippen LogP contribution in [0.5, 0.6) is 0 Å². The van der Waals surface area contributed by atoms with Gasteiger partial charge in [0.15, 0.2) is 0 Å². The third-order valence-corrected chi connectivity index (χ3v) is 4.91. The van der Waals surface area contributed by atoms with Crippen molar-refractivity contribution in [1.82, 2.24) is 15.5 Å². The Morgan fingerprint density at radius 3 is 2.27 bits per heavy atom. The van der Waals surface area contributed by atoms with Gasteiger partial charge >= 0.3 is 0 Å². The lowest BCUT2D eigenvalue weighted by Crippen LogP contribution is -2.46. The third kappa shape index (κ3) is 4.85. The lowest BCUT2D eigenvalue weighted by molar-refractivity contribution is -0.142. The number of carbonyl (C=O) groups is 2. The summed E-state index contributed by atoms with van der Waals surface area (Å²) >= 11 is 0. The molecule has 128 valence electrons. The molecule has 3 atom stereocenters. The Morgan fingerprint density at radius 2 is 1.68 bits per heavy atom. The number of nitrogens with zero attached hydrogens (tertiary/aromatic N) is 1. The first-order chi connectivity index (χ1) is 10.1. The van der Waals surface area contributed by atoms with E-state index in [2.05, 4.69) is 10.6 Å². The number of rotatable bonds is 5. The summed E-state index contributed by atoms with van der Waals surface area (Å²) in [5.41, 5.74) is 0. The SMILES string of the molecule is CNC(C)CNC(=O)C1CCCCC1C(=O)N1CCCC1.Cl. The Morgan fingerprint density at radius 1 is 1.09 bits per heavy atom. The molecule has 2 fully saturated rings. The quantitative estimate of drug-likeness (QED) is 0.803. The minimum Gasteiger partial charge on any atom is -0.354 e. The normalized spacial score (nSPS) is 26.2. The zero-order valence-electron chi connectivity index (χ0n) is 13.8. The zero-order valence-corrected chi connectivity index (χ0v) is 14.6. The van der Waals surface area contributed by atoms with Crippen LogP contribution in [0.4, 0.5) is 0 Å². The van der Waals surface area contributed by atoms with E-state index in [1.165, 1.54) is 0 Å². The first-order valence-corrected chi connectivity index (χ1v) is 8.37. The van der Waals surface area contributed by atoms with E-state index in [1.54, 1.807) is 0 Å². The van der Waals surface area contributed by atoms with Gasteiger partial charge in [-0.3, -0.25) is 9.59 Å². The van der Waals surface area contributed by atoms with Crippen molar-refractivity contribution in [2.75, 3.05) is 26.7 Å². The Kier molecular flexibility index (Phi) is 8.18. The summed E-state index contributed by atoms with van der Waals surface area (Å²) < 4.78 is 0. The van der Waals surface area contributed by atoms with Crippen LogP contribution in [0.25, 0.3) is 0 Å². The van der Waals surface area contributed by atoms with E-state index in [4.69, 9.17) is 0 Å². The molecule has 6 heteroatoms. The molecule has 0 aromatic rings. The van der Waals surface area contributed by atoms with Crippen LogP contribution in [-0.2, 0) is 9.59 Å². The first kappa shape index (κ1) is 19.2. The molecule has 0 spiro atoms. The molecule has 1 aliphatic carbocycles. The van der Waals surface area contributed by atoms with Gasteiger partial charge in [-0.15, -0.1) is 12.4 Å². The Bertz CT molecular complexity index is 372. The van der Waals surface area contributed by atoms with Crippen LogP contribution in [-0.4, -0.2) is 49.4 Å². The number of amides is 2. The lowest BCUT2D eigenvalue weighted by Gasteiger charge is -2.32. The van der Waals surface area contributed by atoms with Gasteiger partial charge in [0.2, 0.25) is 11.8 Å². The van der Waals surface area contributed by atoms with Crippen LogP contribution >= 0.6 is 12.4 Å². The second-order valence-electron chi connectivity index (χ2n) is 6.46. The fraction of sp³-hybridized carbons (Fsp3) is 0.875. The van der Waals surface area contributed by atoms with Crippen molar-refractivity contribution < 1.29 is 9.59 Å². The van der Waals surface area contributed by atoms with E-state index in [0.29, 0.717) is 6.54 Å². The Labute approximate surface area is 140 Å². The van der Waals surface area contributed by atoms with Crippen LogP contribution in [0.15, 0.2) is 0 Å². The minimum absolute atomic E-state index is 0. The first-order valence-electron chi connectivity index (χ1n) is 8.37. The second kappa shape index (κ2) is 9.36. The molecule has 2 rings (SSSR count). The molecule has 5 nitrogen and oxygen atoms in total. The van der Waals surface area contributed by atoms with Crippen molar-refractivity contribution in [3.63, 3.8) is 0 Å². The fourth-order valence-corrected chi connectivity index (χ4v) is 3.40. The van der Waals surface area contributed by atoms with E-state index in [0.717, 1.165) is 51.6 Å².